The number of ketones is 1. The second-order valence-corrected chi connectivity index (χ2v) is 8.58. The first kappa shape index (κ1) is 24.1. The Bertz CT molecular complexity index is 1310. The van der Waals surface area contributed by atoms with Crippen LogP contribution < -0.4 is 14.4 Å². The Hall–Kier alpha value is -4.06. The molecule has 6 heteroatoms. The maximum absolute atomic E-state index is 13.4. The number of methoxy groups -OCH3 is 1. The van der Waals surface area contributed by atoms with Gasteiger partial charge in [0.2, 0.25) is 0 Å². The topological polar surface area (TPSA) is 76.1 Å². The van der Waals surface area contributed by atoms with Crippen molar-refractivity contribution in [2.24, 2.45) is 0 Å². The number of rotatable bonds is 7. The summed E-state index contributed by atoms with van der Waals surface area (Å²) in [4.78, 5) is 28.2. The largest absolute Gasteiger partial charge is 0.507 e. The van der Waals surface area contributed by atoms with E-state index in [-0.39, 0.29) is 11.3 Å². The van der Waals surface area contributed by atoms with Crippen LogP contribution in [0, 0.1) is 13.8 Å². The minimum atomic E-state index is -0.857. The molecule has 0 aliphatic carbocycles. The van der Waals surface area contributed by atoms with Gasteiger partial charge < -0.3 is 14.6 Å². The SMILES string of the molecule is CCCOc1ccc(/C(O)=C2\C(=O)C(=O)N(c3cccc(C)c3)C2c2ccccc2OC)cc1C. The zero-order valence-corrected chi connectivity index (χ0v) is 20.4. The van der Waals surface area contributed by atoms with Crippen molar-refractivity contribution in [3.05, 3.63) is 94.6 Å². The van der Waals surface area contributed by atoms with Gasteiger partial charge in [-0.2, -0.15) is 0 Å². The maximum Gasteiger partial charge on any atom is 0.300 e. The average molecular weight is 472 g/mol. The minimum absolute atomic E-state index is 0.0163. The summed E-state index contributed by atoms with van der Waals surface area (Å²) in [6.45, 7) is 6.41. The highest BCUT2D eigenvalue weighted by atomic mass is 16.5. The van der Waals surface area contributed by atoms with Crippen LogP contribution in [0.1, 0.15) is 41.6 Å². The van der Waals surface area contributed by atoms with Gasteiger partial charge in [0, 0.05) is 16.8 Å². The molecule has 0 spiro atoms. The molecule has 1 amide bonds. The molecular formula is C29H29NO5. The maximum atomic E-state index is 13.4. The number of para-hydroxylation sites is 1. The van der Waals surface area contributed by atoms with E-state index >= 15 is 0 Å². The summed E-state index contributed by atoms with van der Waals surface area (Å²) < 4.78 is 11.3. The highest BCUT2D eigenvalue weighted by Gasteiger charge is 2.47. The fraction of sp³-hybridized carbons (Fsp3) is 0.241. The summed E-state index contributed by atoms with van der Waals surface area (Å²) >= 11 is 0. The van der Waals surface area contributed by atoms with Crippen molar-refractivity contribution in [1.82, 2.24) is 0 Å². The van der Waals surface area contributed by atoms with Crippen LogP contribution in [0.25, 0.3) is 5.76 Å². The van der Waals surface area contributed by atoms with E-state index in [9.17, 15) is 14.7 Å². The number of carbonyl (C=O) groups excluding carboxylic acids is 2. The number of aryl methyl sites for hydroxylation is 2. The lowest BCUT2D eigenvalue weighted by molar-refractivity contribution is -0.132. The van der Waals surface area contributed by atoms with Crippen molar-refractivity contribution in [2.75, 3.05) is 18.6 Å². The van der Waals surface area contributed by atoms with Crippen LogP contribution in [0.2, 0.25) is 0 Å². The molecule has 3 aromatic rings. The summed E-state index contributed by atoms with van der Waals surface area (Å²) in [5.41, 5.74) is 3.40. The Kier molecular flexibility index (Phi) is 6.92. The second-order valence-electron chi connectivity index (χ2n) is 8.58. The highest BCUT2D eigenvalue weighted by Crippen LogP contribution is 2.45. The van der Waals surface area contributed by atoms with Gasteiger partial charge in [-0.3, -0.25) is 14.5 Å². The van der Waals surface area contributed by atoms with Crippen molar-refractivity contribution in [1.29, 1.82) is 0 Å². The Balaban J connectivity index is 1.92. The molecule has 4 rings (SSSR count). The third-order valence-electron chi connectivity index (χ3n) is 6.07. The van der Waals surface area contributed by atoms with Crippen LogP contribution in [0.4, 0.5) is 5.69 Å². The molecule has 0 radical (unpaired) electrons. The summed E-state index contributed by atoms with van der Waals surface area (Å²) in [5, 5.41) is 11.4. The Morgan fingerprint density at radius 2 is 1.74 bits per heavy atom. The van der Waals surface area contributed by atoms with E-state index in [0.717, 1.165) is 17.5 Å². The molecule has 6 nitrogen and oxygen atoms in total. The van der Waals surface area contributed by atoms with E-state index in [1.807, 2.05) is 51.1 Å². The van der Waals surface area contributed by atoms with Crippen molar-refractivity contribution >= 4 is 23.1 Å². The normalized spacial score (nSPS) is 17.0. The predicted molar refractivity (Wildman–Crippen MR) is 136 cm³/mol. The van der Waals surface area contributed by atoms with Gasteiger partial charge in [-0.25, -0.2) is 0 Å². The van der Waals surface area contributed by atoms with E-state index in [0.29, 0.717) is 34.9 Å². The van der Waals surface area contributed by atoms with Crippen LogP contribution >= 0.6 is 0 Å². The molecule has 1 atom stereocenters. The molecule has 1 fully saturated rings. The molecule has 1 unspecified atom stereocenters. The smallest absolute Gasteiger partial charge is 0.300 e. The predicted octanol–water partition coefficient (Wildman–Crippen LogP) is 5.73. The van der Waals surface area contributed by atoms with Crippen molar-refractivity contribution in [3.63, 3.8) is 0 Å². The van der Waals surface area contributed by atoms with Crippen LogP contribution in [-0.4, -0.2) is 30.5 Å². The fourth-order valence-electron chi connectivity index (χ4n) is 4.39. The molecule has 1 heterocycles. The zero-order chi connectivity index (χ0) is 25.1. The first-order chi connectivity index (χ1) is 16.9. The van der Waals surface area contributed by atoms with Gasteiger partial charge in [0.25, 0.3) is 11.7 Å². The first-order valence-electron chi connectivity index (χ1n) is 11.6. The summed E-state index contributed by atoms with van der Waals surface area (Å²) in [6.07, 6.45) is 0.877. The van der Waals surface area contributed by atoms with Gasteiger partial charge in [0.15, 0.2) is 0 Å². The number of aliphatic hydroxyl groups is 1. The van der Waals surface area contributed by atoms with E-state index in [4.69, 9.17) is 9.47 Å². The number of hydrogen-bond donors (Lipinski definition) is 1. The molecule has 1 N–H and O–H groups in total. The monoisotopic (exact) mass is 471 g/mol. The Morgan fingerprint density at radius 3 is 2.43 bits per heavy atom. The second kappa shape index (κ2) is 10.1. The Labute approximate surface area is 205 Å². The van der Waals surface area contributed by atoms with Gasteiger partial charge in [-0.15, -0.1) is 0 Å². The molecule has 3 aromatic carbocycles. The minimum Gasteiger partial charge on any atom is -0.507 e. The molecular weight excluding hydrogens is 442 g/mol. The highest BCUT2D eigenvalue weighted by molar-refractivity contribution is 6.51. The standard InChI is InChI=1S/C29H29NO5/c1-5-15-35-23-14-13-20(17-19(23)3)27(31)25-26(22-11-6-7-12-24(22)34-4)30(29(33)28(25)32)21-10-8-9-18(2)16-21/h6-14,16-17,26,31H,5,15H2,1-4H3/b27-25+. The molecule has 1 aliphatic heterocycles. The zero-order valence-electron chi connectivity index (χ0n) is 20.4. The molecule has 180 valence electrons. The molecule has 0 bridgehead atoms. The van der Waals surface area contributed by atoms with Crippen LogP contribution in [0.3, 0.4) is 0 Å². The van der Waals surface area contributed by atoms with Gasteiger partial charge >= 0.3 is 0 Å². The number of Topliss-reactive ketones (excluding diaryl/α,β-unsaturated/α-hetero) is 1. The number of nitrogens with zero attached hydrogens (tertiary/aromatic N) is 1. The van der Waals surface area contributed by atoms with Crippen LogP contribution in [-0.2, 0) is 9.59 Å². The van der Waals surface area contributed by atoms with Gasteiger partial charge in [-0.05, 0) is 67.8 Å². The number of benzene rings is 3. The van der Waals surface area contributed by atoms with E-state index in [1.165, 1.54) is 12.0 Å². The quantitative estimate of drug-likeness (QED) is 0.271. The van der Waals surface area contributed by atoms with Crippen LogP contribution in [0.15, 0.2) is 72.3 Å². The number of hydrogen-bond acceptors (Lipinski definition) is 5. The van der Waals surface area contributed by atoms with Crippen molar-refractivity contribution < 1.29 is 24.2 Å². The molecule has 0 aromatic heterocycles. The molecule has 1 saturated heterocycles. The summed E-state index contributed by atoms with van der Waals surface area (Å²) in [6, 6.07) is 19.0. The number of aliphatic hydroxyl groups excluding tert-OH is 1. The average Bonchev–Trinajstić information content (AvgIpc) is 3.12. The van der Waals surface area contributed by atoms with Crippen molar-refractivity contribution in [3.8, 4) is 11.5 Å². The lowest BCUT2D eigenvalue weighted by Crippen LogP contribution is -2.29. The number of amides is 1. The summed E-state index contributed by atoms with van der Waals surface area (Å²) in [5.74, 6) is -0.455. The first-order valence-corrected chi connectivity index (χ1v) is 11.6. The third kappa shape index (κ3) is 4.52. The lowest BCUT2D eigenvalue weighted by Gasteiger charge is -2.27. The van der Waals surface area contributed by atoms with Crippen LogP contribution in [0.5, 0.6) is 11.5 Å². The van der Waals surface area contributed by atoms with Gasteiger partial charge in [0.05, 0.1) is 25.3 Å². The fourth-order valence-corrected chi connectivity index (χ4v) is 4.39. The number of carbonyl (C=O) groups is 2. The van der Waals surface area contributed by atoms with E-state index in [2.05, 4.69) is 0 Å². The van der Waals surface area contributed by atoms with Crippen molar-refractivity contribution in [2.45, 2.75) is 33.2 Å². The molecule has 0 saturated carbocycles. The van der Waals surface area contributed by atoms with E-state index < -0.39 is 17.7 Å². The van der Waals surface area contributed by atoms with Gasteiger partial charge in [-0.1, -0.05) is 37.3 Å². The molecule has 1 aliphatic rings. The van der Waals surface area contributed by atoms with Gasteiger partial charge in [0.1, 0.15) is 17.3 Å². The van der Waals surface area contributed by atoms with E-state index in [1.54, 1.807) is 36.4 Å². The lowest BCUT2D eigenvalue weighted by atomic mass is 9.94. The summed E-state index contributed by atoms with van der Waals surface area (Å²) in [7, 11) is 1.54. The molecule has 35 heavy (non-hydrogen) atoms. The Morgan fingerprint density at radius 1 is 0.971 bits per heavy atom. The number of anilines is 1. The number of ether oxygens (including phenoxy) is 2. The third-order valence-corrected chi connectivity index (χ3v) is 6.07.